The number of allylic oxidation sites excluding steroid dienone is 2. The maximum absolute atomic E-state index is 10.4. The van der Waals surface area contributed by atoms with E-state index in [1.54, 1.807) is 0 Å². The quantitative estimate of drug-likeness (QED) is 0.470. The Balaban J connectivity index is 2.57. The van der Waals surface area contributed by atoms with Gasteiger partial charge in [0.05, 0.1) is 0 Å². The van der Waals surface area contributed by atoms with E-state index in [-0.39, 0.29) is 0 Å². The van der Waals surface area contributed by atoms with Crippen LogP contribution < -0.4 is 0 Å². The van der Waals surface area contributed by atoms with Gasteiger partial charge >= 0.3 is 0 Å². The van der Waals surface area contributed by atoms with Gasteiger partial charge in [0.2, 0.25) is 0 Å². The van der Waals surface area contributed by atoms with Crippen molar-refractivity contribution >= 4 is 6.26 Å². The molecule has 0 unspecified atom stereocenters. The predicted octanol–water partition coefficient (Wildman–Crippen LogP) is 1.69. The third-order valence-electron chi connectivity index (χ3n) is 1.42. The van der Waals surface area contributed by atoms with Crippen molar-refractivity contribution in [1.29, 1.82) is 0 Å². The van der Waals surface area contributed by atoms with Gasteiger partial charge in [-0.05, 0) is 31.3 Å². The average molecular weight is 111 g/mol. The minimum absolute atomic E-state index is 0.491. The van der Waals surface area contributed by atoms with Crippen molar-refractivity contribution in [2.24, 2.45) is 0 Å². The highest BCUT2D eigenvalue weighted by atomic mass is 16.1. The minimum Gasteiger partial charge on any atom is -0.298 e. The van der Waals surface area contributed by atoms with E-state index in [0.29, 0.717) is 5.57 Å². The fourth-order valence-corrected chi connectivity index (χ4v) is 0.931. The van der Waals surface area contributed by atoms with Gasteiger partial charge in [-0.25, -0.2) is 0 Å². The van der Waals surface area contributed by atoms with Crippen LogP contribution in [-0.4, -0.2) is 6.26 Å². The summed E-state index contributed by atoms with van der Waals surface area (Å²) in [6.07, 6.45) is 5.46. The van der Waals surface area contributed by atoms with Crippen LogP contribution in [0.5, 0.6) is 0 Å². The first-order valence-electron chi connectivity index (χ1n) is 3.50. The molecule has 0 heterocycles. The molecule has 0 saturated heterocycles. The van der Waals surface area contributed by atoms with Crippen LogP contribution >= 0.6 is 0 Å². The second-order valence-electron chi connectivity index (χ2n) is 2.08. The van der Waals surface area contributed by atoms with E-state index in [1.165, 1.54) is 6.42 Å². The Hall–Kier alpha value is -0.590. The zero-order valence-corrected chi connectivity index (χ0v) is 4.81. The highest BCUT2D eigenvalue weighted by molar-refractivity contribution is 5.73. The molecule has 0 amide bonds. The first kappa shape index (κ1) is 4.30. The molecule has 0 aliphatic heterocycles. The number of rotatable bonds is 1. The zero-order chi connectivity index (χ0) is 6.69. The van der Waals surface area contributed by atoms with Gasteiger partial charge in [-0.15, -0.1) is 0 Å². The van der Waals surface area contributed by atoms with Crippen molar-refractivity contribution in [3.63, 3.8) is 0 Å². The molecule has 0 spiro atoms. The van der Waals surface area contributed by atoms with E-state index in [0.717, 1.165) is 19.3 Å². The van der Waals surface area contributed by atoms with Crippen molar-refractivity contribution in [2.75, 3.05) is 0 Å². The zero-order valence-electron chi connectivity index (χ0n) is 5.81. The molecule has 0 atom stereocenters. The fourth-order valence-electron chi connectivity index (χ4n) is 0.931. The van der Waals surface area contributed by atoms with E-state index in [2.05, 4.69) is 0 Å². The number of hydrogen-bond donors (Lipinski definition) is 0. The highest BCUT2D eigenvalue weighted by Crippen LogP contribution is 2.14. The van der Waals surface area contributed by atoms with Crippen LogP contribution in [-0.2, 0) is 4.79 Å². The summed E-state index contributed by atoms with van der Waals surface area (Å²) >= 11 is 0. The molecule has 0 saturated carbocycles. The first-order chi connectivity index (χ1) is 4.30. The largest absolute Gasteiger partial charge is 0.298 e. The van der Waals surface area contributed by atoms with Gasteiger partial charge in [0, 0.05) is 0 Å². The molecular weight excluding hydrogens is 100 g/mol. The van der Waals surface area contributed by atoms with Crippen LogP contribution in [0.1, 0.15) is 27.1 Å². The van der Waals surface area contributed by atoms with Gasteiger partial charge in [0.1, 0.15) is 7.63 Å². The molecule has 0 bridgehead atoms. The van der Waals surface area contributed by atoms with Crippen molar-refractivity contribution in [3.05, 3.63) is 11.6 Å². The molecule has 1 aliphatic rings. The van der Waals surface area contributed by atoms with Crippen LogP contribution in [0.4, 0.5) is 0 Å². The molecule has 1 heteroatoms. The first-order valence-corrected chi connectivity index (χ1v) is 3.00. The van der Waals surface area contributed by atoms with Crippen LogP contribution in [0.15, 0.2) is 11.6 Å². The summed E-state index contributed by atoms with van der Waals surface area (Å²) in [6, 6.07) is 0. The maximum atomic E-state index is 10.4. The topological polar surface area (TPSA) is 17.1 Å². The van der Waals surface area contributed by atoms with Gasteiger partial charge < -0.3 is 0 Å². The summed E-state index contributed by atoms with van der Waals surface area (Å²) in [5, 5.41) is 0. The fraction of sp³-hybridized carbons (Fsp3) is 0.571. The SMILES string of the molecule is [2H]C(=O)C1=CCCCC1. The lowest BCUT2D eigenvalue weighted by molar-refractivity contribution is -0.105. The Morgan fingerprint density at radius 3 is 3.00 bits per heavy atom. The molecule has 0 fully saturated rings. The monoisotopic (exact) mass is 111 g/mol. The minimum atomic E-state index is -0.491. The number of hydrogen-bond acceptors (Lipinski definition) is 1. The summed E-state index contributed by atoms with van der Waals surface area (Å²) in [7, 11) is 0. The van der Waals surface area contributed by atoms with Gasteiger partial charge in [-0.1, -0.05) is 6.08 Å². The van der Waals surface area contributed by atoms with E-state index in [9.17, 15) is 4.79 Å². The molecule has 1 aliphatic carbocycles. The lowest BCUT2D eigenvalue weighted by Crippen LogP contribution is -1.91. The summed E-state index contributed by atoms with van der Waals surface area (Å²) in [6.45, 7) is 0. The molecule has 1 nitrogen and oxygen atoms in total. The summed E-state index contributed by atoms with van der Waals surface area (Å²) in [5.74, 6) is 0. The third kappa shape index (κ3) is 1.19. The molecular formula is C7H10O. The van der Waals surface area contributed by atoms with Crippen LogP contribution in [0, 0.1) is 0 Å². The number of aldehydes is 1. The van der Waals surface area contributed by atoms with Crippen LogP contribution in [0.3, 0.4) is 0 Å². The number of carbonyl (C=O) groups excluding carboxylic acids is 1. The molecule has 44 valence electrons. The molecule has 0 N–H and O–H groups in total. The Labute approximate surface area is 50.8 Å². The van der Waals surface area contributed by atoms with Gasteiger partial charge in [0.15, 0.2) is 0 Å². The molecule has 0 aromatic rings. The molecule has 0 aromatic heterocycles. The summed E-state index contributed by atoms with van der Waals surface area (Å²) < 4.78 is 6.76. The van der Waals surface area contributed by atoms with E-state index < -0.39 is 6.26 Å². The van der Waals surface area contributed by atoms with E-state index in [4.69, 9.17) is 1.37 Å². The van der Waals surface area contributed by atoms with Gasteiger partial charge in [0.25, 0.3) is 0 Å². The molecule has 0 radical (unpaired) electrons. The molecule has 1 rings (SSSR count). The summed E-state index contributed by atoms with van der Waals surface area (Å²) in [5.41, 5.74) is 0.709. The average Bonchev–Trinajstić information content (AvgIpc) is 1.90. The third-order valence-corrected chi connectivity index (χ3v) is 1.42. The highest BCUT2D eigenvalue weighted by Gasteiger charge is 1.99. The molecule has 8 heavy (non-hydrogen) atoms. The Morgan fingerprint density at radius 1 is 1.75 bits per heavy atom. The normalized spacial score (nSPS) is 21.5. The summed E-state index contributed by atoms with van der Waals surface area (Å²) in [4.78, 5) is 10.4. The van der Waals surface area contributed by atoms with Crippen LogP contribution in [0.2, 0.25) is 0 Å². The second kappa shape index (κ2) is 2.65. The number of carbonyl (C=O) groups is 1. The van der Waals surface area contributed by atoms with Crippen molar-refractivity contribution < 1.29 is 6.17 Å². The molecule has 0 aromatic carbocycles. The van der Waals surface area contributed by atoms with Crippen LogP contribution in [0.25, 0.3) is 0 Å². The van der Waals surface area contributed by atoms with Crippen molar-refractivity contribution in [2.45, 2.75) is 25.7 Å². The Morgan fingerprint density at radius 2 is 2.62 bits per heavy atom. The smallest absolute Gasteiger partial charge is 0.145 e. The van der Waals surface area contributed by atoms with Gasteiger partial charge in [-0.3, -0.25) is 4.79 Å². The second-order valence-corrected chi connectivity index (χ2v) is 2.08. The van der Waals surface area contributed by atoms with Crippen molar-refractivity contribution in [3.8, 4) is 0 Å². The van der Waals surface area contributed by atoms with Gasteiger partial charge in [-0.2, -0.15) is 0 Å². The lowest BCUT2D eigenvalue weighted by Gasteiger charge is -2.04. The standard InChI is InChI=1S/C7H10O/c8-6-7-4-2-1-3-5-7/h4,6H,1-3,5H2/i6D. The maximum Gasteiger partial charge on any atom is 0.145 e. The Kier molecular flexibility index (Phi) is 1.43. The van der Waals surface area contributed by atoms with E-state index in [1.807, 2.05) is 6.08 Å². The lowest BCUT2D eigenvalue weighted by atomic mass is 10.0. The Bertz CT molecular complexity index is 149. The van der Waals surface area contributed by atoms with E-state index >= 15 is 0 Å². The predicted molar refractivity (Wildman–Crippen MR) is 32.6 cm³/mol. The van der Waals surface area contributed by atoms with Crippen molar-refractivity contribution in [1.82, 2.24) is 0 Å².